The Hall–Kier alpha value is -2.34. The third-order valence-corrected chi connectivity index (χ3v) is 4.62. The molecular formula is C19H18BrFN2O2. The fraction of sp³-hybridized carbons (Fsp3) is 0.211. The van der Waals surface area contributed by atoms with Gasteiger partial charge in [0.1, 0.15) is 11.6 Å². The van der Waals surface area contributed by atoms with E-state index in [0.29, 0.717) is 27.7 Å². The zero-order valence-corrected chi connectivity index (χ0v) is 15.6. The van der Waals surface area contributed by atoms with E-state index < -0.39 is 0 Å². The van der Waals surface area contributed by atoms with Gasteiger partial charge in [-0.25, -0.2) is 4.39 Å². The Morgan fingerprint density at radius 2 is 2.04 bits per heavy atom. The SMILES string of the molecule is CCn1cc(CC(=O)Nc2ccccc2)c2c(OC)c(Br)cc(F)c21. The molecule has 0 aliphatic carbocycles. The first-order valence-corrected chi connectivity index (χ1v) is 8.73. The van der Waals surface area contributed by atoms with E-state index in [1.807, 2.05) is 43.5 Å². The monoisotopic (exact) mass is 404 g/mol. The van der Waals surface area contributed by atoms with E-state index in [-0.39, 0.29) is 18.1 Å². The molecular weight excluding hydrogens is 387 g/mol. The number of aryl methyl sites for hydroxylation is 1. The molecule has 4 nitrogen and oxygen atoms in total. The Morgan fingerprint density at radius 3 is 2.68 bits per heavy atom. The molecule has 0 atom stereocenters. The highest BCUT2D eigenvalue weighted by Gasteiger charge is 2.21. The van der Waals surface area contributed by atoms with Crippen LogP contribution in [0.15, 0.2) is 47.1 Å². The Balaban J connectivity index is 2.02. The van der Waals surface area contributed by atoms with Gasteiger partial charge in [-0.1, -0.05) is 18.2 Å². The number of para-hydroxylation sites is 1. The van der Waals surface area contributed by atoms with Gasteiger partial charge in [-0.2, -0.15) is 0 Å². The number of carbonyl (C=O) groups excluding carboxylic acids is 1. The summed E-state index contributed by atoms with van der Waals surface area (Å²) in [5.41, 5.74) is 1.90. The predicted molar refractivity (Wildman–Crippen MR) is 101 cm³/mol. The van der Waals surface area contributed by atoms with Crippen molar-refractivity contribution in [1.82, 2.24) is 4.57 Å². The van der Waals surface area contributed by atoms with Crippen molar-refractivity contribution < 1.29 is 13.9 Å². The highest BCUT2D eigenvalue weighted by atomic mass is 79.9. The Bertz CT molecular complexity index is 922. The van der Waals surface area contributed by atoms with E-state index in [2.05, 4.69) is 21.2 Å². The third kappa shape index (κ3) is 3.39. The van der Waals surface area contributed by atoms with Crippen LogP contribution in [0.1, 0.15) is 12.5 Å². The number of rotatable bonds is 5. The van der Waals surface area contributed by atoms with Crippen LogP contribution in [0.25, 0.3) is 10.9 Å². The van der Waals surface area contributed by atoms with Crippen LogP contribution in [-0.4, -0.2) is 17.6 Å². The van der Waals surface area contributed by atoms with Crippen LogP contribution in [-0.2, 0) is 17.8 Å². The van der Waals surface area contributed by atoms with Gasteiger partial charge in [0.2, 0.25) is 5.91 Å². The summed E-state index contributed by atoms with van der Waals surface area (Å²) in [7, 11) is 1.54. The third-order valence-electron chi connectivity index (χ3n) is 4.03. The number of fused-ring (bicyclic) bond motifs is 1. The second-order valence-corrected chi connectivity index (χ2v) is 6.48. The van der Waals surface area contributed by atoms with Gasteiger partial charge >= 0.3 is 0 Å². The number of anilines is 1. The van der Waals surface area contributed by atoms with Gasteiger partial charge in [0.05, 0.1) is 23.5 Å². The van der Waals surface area contributed by atoms with Gasteiger partial charge in [-0.05, 0) is 46.6 Å². The van der Waals surface area contributed by atoms with Crippen LogP contribution in [0.4, 0.5) is 10.1 Å². The van der Waals surface area contributed by atoms with Gasteiger partial charge < -0.3 is 14.6 Å². The van der Waals surface area contributed by atoms with Gasteiger partial charge in [0.15, 0.2) is 0 Å². The van der Waals surface area contributed by atoms with Crippen LogP contribution >= 0.6 is 15.9 Å². The van der Waals surface area contributed by atoms with E-state index in [0.717, 1.165) is 11.3 Å². The molecule has 0 saturated heterocycles. The van der Waals surface area contributed by atoms with Crippen LogP contribution in [0.5, 0.6) is 5.75 Å². The standard InChI is InChI=1S/C19H18BrFN2O2/c1-3-23-11-12(9-16(24)22-13-7-5-4-6-8-13)17-18(23)15(21)10-14(20)19(17)25-2/h4-8,10-11H,3,9H2,1-2H3,(H,22,24). The van der Waals surface area contributed by atoms with Crippen molar-refractivity contribution >= 4 is 38.4 Å². The van der Waals surface area contributed by atoms with Gasteiger partial charge in [0, 0.05) is 23.8 Å². The lowest BCUT2D eigenvalue weighted by atomic mass is 10.1. The second-order valence-electron chi connectivity index (χ2n) is 5.63. The molecule has 6 heteroatoms. The van der Waals surface area contributed by atoms with Crippen LogP contribution in [0.3, 0.4) is 0 Å². The summed E-state index contributed by atoms with van der Waals surface area (Å²) < 4.78 is 22.3. The van der Waals surface area contributed by atoms with E-state index in [4.69, 9.17) is 4.74 Å². The second kappa shape index (κ2) is 7.27. The van der Waals surface area contributed by atoms with Crippen LogP contribution in [0.2, 0.25) is 0 Å². The first kappa shape index (κ1) is 17.5. The van der Waals surface area contributed by atoms with Crippen molar-refractivity contribution in [2.24, 2.45) is 0 Å². The van der Waals surface area contributed by atoms with Gasteiger partial charge in [-0.3, -0.25) is 4.79 Å². The smallest absolute Gasteiger partial charge is 0.228 e. The minimum atomic E-state index is -0.348. The molecule has 3 rings (SSSR count). The lowest BCUT2D eigenvalue weighted by Crippen LogP contribution is -2.14. The molecule has 1 heterocycles. The molecule has 0 saturated carbocycles. The highest BCUT2D eigenvalue weighted by molar-refractivity contribution is 9.10. The zero-order chi connectivity index (χ0) is 18.0. The number of benzene rings is 2. The summed E-state index contributed by atoms with van der Waals surface area (Å²) in [6.07, 6.45) is 1.94. The summed E-state index contributed by atoms with van der Waals surface area (Å²) in [5, 5.41) is 3.48. The molecule has 0 bridgehead atoms. The largest absolute Gasteiger partial charge is 0.495 e. The molecule has 2 aromatic carbocycles. The van der Waals surface area contributed by atoms with Crippen molar-refractivity contribution in [2.75, 3.05) is 12.4 Å². The summed E-state index contributed by atoms with van der Waals surface area (Å²) in [6, 6.07) is 10.6. The average Bonchev–Trinajstić information content (AvgIpc) is 2.95. The molecule has 130 valence electrons. The van der Waals surface area contributed by atoms with Gasteiger partial charge in [-0.15, -0.1) is 0 Å². The van der Waals surface area contributed by atoms with Crippen molar-refractivity contribution in [2.45, 2.75) is 19.9 Å². The minimum absolute atomic E-state index is 0.130. The minimum Gasteiger partial charge on any atom is -0.495 e. The zero-order valence-electron chi connectivity index (χ0n) is 14.0. The van der Waals surface area contributed by atoms with Crippen LogP contribution < -0.4 is 10.1 Å². The lowest BCUT2D eigenvalue weighted by molar-refractivity contribution is -0.115. The maximum Gasteiger partial charge on any atom is 0.228 e. The topological polar surface area (TPSA) is 43.3 Å². The molecule has 25 heavy (non-hydrogen) atoms. The number of methoxy groups -OCH3 is 1. The molecule has 0 radical (unpaired) electrons. The number of amides is 1. The molecule has 1 N–H and O–H groups in total. The maximum absolute atomic E-state index is 14.5. The Morgan fingerprint density at radius 1 is 1.32 bits per heavy atom. The van der Waals surface area contributed by atoms with Gasteiger partial charge in [0.25, 0.3) is 0 Å². The number of nitrogens with zero attached hydrogens (tertiary/aromatic N) is 1. The fourth-order valence-corrected chi connectivity index (χ4v) is 3.53. The average molecular weight is 405 g/mol. The highest BCUT2D eigenvalue weighted by Crippen LogP contribution is 2.39. The molecule has 0 spiro atoms. The molecule has 0 fully saturated rings. The number of halogens is 2. The van der Waals surface area contributed by atoms with E-state index in [9.17, 15) is 9.18 Å². The molecule has 1 amide bonds. The summed E-state index contributed by atoms with van der Waals surface area (Å²) in [5.74, 6) is 0.0224. The quantitative estimate of drug-likeness (QED) is 0.666. The van der Waals surface area contributed by atoms with Crippen molar-refractivity contribution in [3.8, 4) is 5.75 Å². The van der Waals surface area contributed by atoms with E-state index in [1.165, 1.54) is 13.2 Å². The Kier molecular flexibility index (Phi) is 5.08. The first-order chi connectivity index (χ1) is 12.0. The first-order valence-electron chi connectivity index (χ1n) is 7.93. The number of hydrogen-bond donors (Lipinski definition) is 1. The maximum atomic E-state index is 14.5. The molecule has 3 aromatic rings. The predicted octanol–water partition coefficient (Wildman–Crippen LogP) is 4.75. The normalized spacial score (nSPS) is 10.9. The molecule has 0 aliphatic heterocycles. The van der Waals surface area contributed by atoms with Crippen molar-refractivity contribution in [1.29, 1.82) is 0 Å². The lowest BCUT2D eigenvalue weighted by Gasteiger charge is -2.09. The number of aromatic nitrogens is 1. The fourth-order valence-electron chi connectivity index (χ4n) is 2.97. The number of nitrogens with one attached hydrogen (secondary N) is 1. The number of carbonyl (C=O) groups is 1. The molecule has 1 aromatic heterocycles. The van der Waals surface area contributed by atoms with Crippen molar-refractivity contribution in [3.63, 3.8) is 0 Å². The van der Waals surface area contributed by atoms with Crippen LogP contribution in [0, 0.1) is 5.82 Å². The molecule has 0 unspecified atom stereocenters. The molecule has 0 aliphatic rings. The summed E-state index contributed by atoms with van der Waals surface area (Å²) in [6.45, 7) is 2.53. The number of ether oxygens (including phenoxy) is 1. The van der Waals surface area contributed by atoms with E-state index in [1.54, 1.807) is 4.57 Å². The van der Waals surface area contributed by atoms with E-state index >= 15 is 0 Å². The van der Waals surface area contributed by atoms with Crippen molar-refractivity contribution in [3.05, 3.63) is 58.4 Å². The summed E-state index contributed by atoms with van der Waals surface area (Å²) >= 11 is 3.34. The summed E-state index contributed by atoms with van der Waals surface area (Å²) in [4.78, 5) is 12.4. The Labute approximate surface area is 153 Å². The number of hydrogen-bond acceptors (Lipinski definition) is 2.